The normalized spacial score (nSPS) is 22.4. The summed E-state index contributed by atoms with van der Waals surface area (Å²) in [6, 6.07) is 15.1. The van der Waals surface area contributed by atoms with E-state index < -0.39 is 5.97 Å². The zero-order valence-electron chi connectivity index (χ0n) is 20.5. The van der Waals surface area contributed by atoms with Crippen LogP contribution in [-0.2, 0) is 20.9 Å². The summed E-state index contributed by atoms with van der Waals surface area (Å²) in [5.74, 6) is -0.246. The van der Waals surface area contributed by atoms with Crippen molar-refractivity contribution in [3.63, 3.8) is 0 Å². The number of aliphatic carboxylic acids is 1. The topological polar surface area (TPSA) is 96.4 Å². The number of para-hydroxylation sites is 1. The number of carboxylic acid groups (broad SMARTS) is 1. The highest BCUT2D eigenvalue weighted by Crippen LogP contribution is 2.52. The summed E-state index contributed by atoms with van der Waals surface area (Å²) >= 11 is 0. The highest BCUT2D eigenvalue weighted by atomic mass is 16.6. The van der Waals surface area contributed by atoms with Gasteiger partial charge in [0.1, 0.15) is 12.4 Å². The van der Waals surface area contributed by atoms with Gasteiger partial charge in [0.05, 0.1) is 25.3 Å². The summed E-state index contributed by atoms with van der Waals surface area (Å²) in [5, 5.41) is 9.14. The maximum absolute atomic E-state index is 13.5. The molecule has 5 rings (SSSR count). The predicted octanol–water partition coefficient (Wildman–Crippen LogP) is 4.92. The Morgan fingerprint density at radius 3 is 2.44 bits per heavy atom. The Morgan fingerprint density at radius 1 is 1.00 bits per heavy atom. The van der Waals surface area contributed by atoms with E-state index in [4.69, 9.17) is 14.6 Å². The van der Waals surface area contributed by atoms with Crippen molar-refractivity contribution in [3.05, 3.63) is 59.7 Å². The quantitative estimate of drug-likeness (QED) is 0.562. The molecule has 2 aliphatic carbocycles. The molecule has 2 saturated carbocycles. The molecule has 0 aromatic heterocycles. The van der Waals surface area contributed by atoms with E-state index in [-0.39, 0.29) is 55.5 Å². The lowest BCUT2D eigenvalue weighted by Gasteiger charge is -2.47. The number of carbonyl (C=O) groups excluding carboxylic acids is 2. The van der Waals surface area contributed by atoms with Gasteiger partial charge in [-0.25, -0.2) is 4.79 Å². The molecule has 8 nitrogen and oxygen atoms in total. The molecule has 0 spiro atoms. The summed E-state index contributed by atoms with van der Waals surface area (Å²) in [7, 11) is 1.61. The minimum Gasteiger partial charge on any atom is -0.497 e. The lowest BCUT2D eigenvalue weighted by molar-refractivity contribution is -0.142. The number of carboxylic acids is 1. The number of fused-ring (bicyclic) bond motifs is 2. The Balaban J connectivity index is 1.42. The number of hydrogen-bond acceptors (Lipinski definition) is 5. The zero-order valence-corrected chi connectivity index (χ0v) is 20.5. The Kier molecular flexibility index (Phi) is 6.85. The molecule has 0 bridgehead atoms. The van der Waals surface area contributed by atoms with Gasteiger partial charge in [-0.3, -0.25) is 14.5 Å². The van der Waals surface area contributed by atoms with Crippen molar-refractivity contribution in [2.45, 2.75) is 69.7 Å². The second kappa shape index (κ2) is 10.2. The molecule has 3 aliphatic rings. The van der Waals surface area contributed by atoms with E-state index in [1.54, 1.807) is 12.0 Å². The maximum Gasteiger partial charge on any atom is 0.414 e. The first-order chi connectivity index (χ1) is 17.5. The number of anilines is 1. The molecule has 3 unspecified atom stereocenters. The first-order valence-corrected chi connectivity index (χ1v) is 12.7. The molecule has 1 heterocycles. The van der Waals surface area contributed by atoms with Crippen LogP contribution in [0.15, 0.2) is 48.5 Å². The SMILES string of the molecule is COc1ccc(COC(=O)N2c3ccccc3C(N(C(=O)CCC(=O)O)C3CC3)C3CCCC32)cc1. The molecule has 0 radical (unpaired) electrons. The number of benzene rings is 2. The van der Waals surface area contributed by atoms with E-state index in [1.165, 1.54) is 0 Å². The van der Waals surface area contributed by atoms with Crippen molar-refractivity contribution >= 4 is 23.7 Å². The third-order valence-corrected chi connectivity index (χ3v) is 7.58. The molecule has 190 valence electrons. The number of carbonyl (C=O) groups is 3. The van der Waals surface area contributed by atoms with Crippen LogP contribution in [0.1, 0.15) is 62.1 Å². The van der Waals surface area contributed by atoms with Crippen molar-refractivity contribution in [2.75, 3.05) is 12.0 Å². The van der Waals surface area contributed by atoms with Crippen LogP contribution in [0.3, 0.4) is 0 Å². The first kappa shape index (κ1) is 24.2. The van der Waals surface area contributed by atoms with Gasteiger partial charge in [-0.2, -0.15) is 0 Å². The molecule has 2 aromatic carbocycles. The standard InChI is InChI=1S/C28H32N2O6/c1-35-20-13-9-18(10-14-20)17-36-28(34)30-23-7-3-2-5-21(23)27(22-6-4-8-24(22)30)29(19-11-12-19)25(31)15-16-26(32)33/h2-3,5,7,9-10,13-14,19,22,24,27H,4,6,8,11-12,15-17H2,1H3,(H,32,33). The van der Waals surface area contributed by atoms with E-state index in [1.807, 2.05) is 53.4 Å². The van der Waals surface area contributed by atoms with Crippen LogP contribution in [0.2, 0.25) is 0 Å². The highest BCUT2D eigenvalue weighted by Gasteiger charge is 2.51. The fourth-order valence-electron chi connectivity index (χ4n) is 5.83. The zero-order chi connectivity index (χ0) is 25.2. The first-order valence-electron chi connectivity index (χ1n) is 12.7. The average Bonchev–Trinajstić information content (AvgIpc) is 3.61. The molecular formula is C28H32N2O6. The Hall–Kier alpha value is -3.55. The maximum atomic E-state index is 13.5. The van der Waals surface area contributed by atoms with E-state index in [2.05, 4.69) is 0 Å². The lowest BCUT2D eigenvalue weighted by Crippen LogP contribution is -2.53. The van der Waals surface area contributed by atoms with Gasteiger partial charge in [-0.1, -0.05) is 36.8 Å². The number of rotatable bonds is 8. The molecule has 3 atom stereocenters. The minimum atomic E-state index is -0.965. The largest absolute Gasteiger partial charge is 0.497 e. The van der Waals surface area contributed by atoms with Crippen molar-refractivity contribution in [1.29, 1.82) is 0 Å². The van der Waals surface area contributed by atoms with Crippen LogP contribution >= 0.6 is 0 Å². The van der Waals surface area contributed by atoms with E-state index >= 15 is 0 Å². The van der Waals surface area contributed by atoms with Gasteiger partial charge in [-0.05, 0) is 55.0 Å². The average molecular weight is 493 g/mol. The van der Waals surface area contributed by atoms with Gasteiger partial charge >= 0.3 is 12.1 Å². The molecule has 2 aromatic rings. The Bertz CT molecular complexity index is 1130. The molecule has 0 saturated heterocycles. The van der Waals surface area contributed by atoms with Crippen molar-refractivity contribution in [2.24, 2.45) is 5.92 Å². The van der Waals surface area contributed by atoms with Crippen LogP contribution in [0.25, 0.3) is 0 Å². The third kappa shape index (κ3) is 4.76. The van der Waals surface area contributed by atoms with Gasteiger partial charge in [0.2, 0.25) is 5.91 Å². The van der Waals surface area contributed by atoms with Crippen LogP contribution < -0.4 is 9.64 Å². The molecular weight excluding hydrogens is 460 g/mol. The van der Waals surface area contributed by atoms with Crippen molar-refractivity contribution in [1.82, 2.24) is 4.90 Å². The second-order valence-corrected chi connectivity index (χ2v) is 9.86. The van der Waals surface area contributed by atoms with E-state index in [0.717, 1.165) is 54.7 Å². The number of methoxy groups -OCH3 is 1. The monoisotopic (exact) mass is 492 g/mol. The number of ether oxygens (including phenoxy) is 2. The van der Waals surface area contributed by atoms with Gasteiger partial charge < -0.3 is 19.5 Å². The predicted molar refractivity (Wildman–Crippen MR) is 133 cm³/mol. The Morgan fingerprint density at radius 2 is 1.75 bits per heavy atom. The summed E-state index contributed by atoms with van der Waals surface area (Å²) in [5.41, 5.74) is 2.60. The summed E-state index contributed by atoms with van der Waals surface area (Å²) in [4.78, 5) is 41.7. The fraction of sp³-hybridized carbons (Fsp3) is 0.464. The number of hydrogen-bond donors (Lipinski definition) is 1. The molecule has 8 heteroatoms. The van der Waals surface area contributed by atoms with Crippen molar-refractivity contribution in [3.8, 4) is 5.75 Å². The molecule has 1 aliphatic heterocycles. The lowest BCUT2D eigenvalue weighted by atomic mass is 9.81. The van der Waals surface area contributed by atoms with Gasteiger partial charge in [0, 0.05) is 24.4 Å². The summed E-state index contributed by atoms with van der Waals surface area (Å²) in [6.07, 6.45) is 4.01. The van der Waals surface area contributed by atoms with Crippen molar-refractivity contribution < 1.29 is 29.0 Å². The minimum absolute atomic E-state index is 0.00446. The summed E-state index contributed by atoms with van der Waals surface area (Å²) in [6.45, 7) is 0.157. The highest BCUT2D eigenvalue weighted by molar-refractivity contribution is 5.91. The van der Waals surface area contributed by atoms with Gasteiger partial charge in [0.25, 0.3) is 0 Å². The summed E-state index contributed by atoms with van der Waals surface area (Å²) < 4.78 is 11.0. The van der Waals surface area contributed by atoms with E-state index in [9.17, 15) is 14.4 Å². The Labute approximate surface area is 210 Å². The molecule has 1 N–H and O–H groups in total. The fourth-order valence-corrected chi connectivity index (χ4v) is 5.83. The number of amides is 2. The van der Waals surface area contributed by atoms with Crippen LogP contribution in [0.4, 0.5) is 10.5 Å². The van der Waals surface area contributed by atoms with E-state index in [0.29, 0.717) is 0 Å². The van der Waals surface area contributed by atoms with Crippen LogP contribution in [0.5, 0.6) is 5.75 Å². The molecule has 2 amide bonds. The van der Waals surface area contributed by atoms with Gasteiger partial charge in [-0.15, -0.1) is 0 Å². The smallest absolute Gasteiger partial charge is 0.414 e. The number of nitrogens with zero attached hydrogens (tertiary/aromatic N) is 2. The molecule has 36 heavy (non-hydrogen) atoms. The van der Waals surface area contributed by atoms with Crippen LogP contribution in [-0.4, -0.2) is 47.2 Å². The van der Waals surface area contributed by atoms with Gasteiger partial charge in [0.15, 0.2) is 0 Å². The van der Waals surface area contributed by atoms with Crippen LogP contribution in [0, 0.1) is 5.92 Å². The molecule has 2 fully saturated rings. The third-order valence-electron chi connectivity index (χ3n) is 7.58. The second-order valence-electron chi connectivity index (χ2n) is 9.86.